The van der Waals surface area contributed by atoms with Crippen LogP contribution < -0.4 is 5.32 Å². The van der Waals surface area contributed by atoms with Gasteiger partial charge in [-0.15, -0.1) is 0 Å². The van der Waals surface area contributed by atoms with Crippen molar-refractivity contribution in [3.8, 4) is 6.07 Å². The molecule has 0 spiro atoms. The van der Waals surface area contributed by atoms with E-state index in [0.29, 0.717) is 11.7 Å². The van der Waals surface area contributed by atoms with E-state index in [0.717, 1.165) is 18.5 Å². The van der Waals surface area contributed by atoms with Crippen molar-refractivity contribution in [2.45, 2.75) is 25.3 Å². The maximum Gasteiger partial charge on any atom is 0.122 e. The number of hydrogen-bond acceptors (Lipinski definition) is 2. The average molecular weight is 175 g/mol. The number of nitriles is 1. The van der Waals surface area contributed by atoms with Crippen LogP contribution in [0.2, 0.25) is 0 Å². The van der Waals surface area contributed by atoms with Crippen LogP contribution in [0.1, 0.15) is 36.6 Å². The largest absolute Gasteiger partial charge is 0.353 e. The Kier molecular flexibility index (Phi) is 2.33. The number of aromatic nitrogens is 1. The predicted octanol–water partition coefficient (Wildman–Crippen LogP) is 1.70. The van der Waals surface area contributed by atoms with E-state index in [2.05, 4.69) is 16.4 Å². The van der Waals surface area contributed by atoms with Crippen LogP contribution in [0, 0.1) is 11.3 Å². The van der Waals surface area contributed by atoms with Gasteiger partial charge < -0.3 is 10.3 Å². The van der Waals surface area contributed by atoms with Crippen LogP contribution in [-0.2, 0) is 0 Å². The number of aromatic amines is 1. The molecule has 0 aromatic carbocycles. The average Bonchev–Trinajstić information content (AvgIpc) is 2.67. The maximum atomic E-state index is 8.83. The summed E-state index contributed by atoms with van der Waals surface area (Å²) in [6.45, 7) is 1.07. The second kappa shape index (κ2) is 3.63. The molecule has 3 nitrogen and oxygen atoms in total. The Morgan fingerprint density at radius 3 is 3.08 bits per heavy atom. The summed E-state index contributed by atoms with van der Waals surface area (Å²) in [6.07, 6.45) is 5.49. The first-order valence-corrected chi connectivity index (χ1v) is 4.72. The van der Waals surface area contributed by atoms with Gasteiger partial charge in [-0.05, 0) is 25.5 Å². The topological polar surface area (TPSA) is 51.6 Å². The highest BCUT2D eigenvalue weighted by Crippen LogP contribution is 2.24. The van der Waals surface area contributed by atoms with E-state index in [1.165, 1.54) is 12.8 Å². The minimum Gasteiger partial charge on any atom is -0.353 e. The fourth-order valence-electron chi connectivity index (χ4n) is 1.89. The molecule has 0 radical (unpaired) electrons. The monoisotopic (exact) mass is 175 g/mol. The van der Waals surface area contributed by atoms with Crippen LogP contribution in [0.25, 0.3) is 0 Å². The quantitative estimate of drug-likeness (QED) is 0.682. The molecular weight excluding hydrogens is 162 g/mol. The summed E-state index contributed by atoms with van der Waals surface area (Å²) in [7, 11) is 0. The smallest absolute Gasteiger partial charge is 0.122 e. The lowest BCUT2D eigenvalue weighted by Crippen LogP contribution is -2.26. The fourth-order valence-corrected chi connectivity index (χ4v) is 1.89. The van der Waals surface area contributed by atoms with Gasteiger partial charge in [0.25, 0.3) is 0 Å². The molecule has 13 heavy (non-hydrogen) atoms. The minimum absolute atomic E-state index is 0.384. The zero-order valence-corrected chi connectivity index (χ0v) is 7.51. The lowest BCUT2D eigenvalue weighted by atomic mass is 9.98. The summed E-state index contributed by atoms with van der Waals surface area (Å²) in [5.41, 5.74) is 1.83. The van der Waals surface area contributed by atoms with Crippen molar-refractivity contribution in [2.24, 2.45) is 0 Å². The van der Waals surface area contributed by atoms with Crippen molar-refractivity contribution in [3.63, 3.8) is 0 Å². The molecule has 0 bridgehead atoms. The summed E-state index contributed by atoms with van der Waals surface area (Å²) in [5, 5.41) is 12.3. The molecule has 68 valence electrons. The zero-order valence-electron chi connectivity index (χ0n) is 7.51. The van der Waals surface area contributed by atoms with Crippen molar-refractivity contribution in [1.82, 2.24) is 10.3 Å². The molecule has 1 fully saturated rings. The van der Waals surface area contributed by atoms with Gasteiger partial charge in [-0.1, -0.05) is 6.42 Å². The number of piperidine rings is 1. The second-order valence-electron chi connectivity index (χ2n) is 3.42. The van der Waals surface area contributed by atoms with Crippen molar-refractivity contribution in [3.05, 3.63) is 23.5 Å². The van der Waals surface area contributed by atoms with Gasteiger partial charge in [-0.2, -0.15) is 5.26 Å². The number of hydrogen-bond donors (Lipinski definition) is 2. The van der Waals surface area contributed by atoms with Crippen LogP contribution >= 0.6 is 0 Å². The summed E-state index contributed by atoms with van der Waals surface area (Å²) < 4.78 is 0. The third kappa shape index (κ3) is 1.58. The summed E-state index contributed by atoms with van der Waals surface area (Å²) in [5.74, 6) is 0. The van der Waals surface area contributed by atoms with Gasteiger partial charge in [0.1, 0.15) is 11.8 Å². The Labute approximate surface area is 77.8 Å². The third-order valence-corrected chi connectivity index (χ3v) is 2.58. The van der Waals surface area contributed by atoms with Gasteiger partial charge in [-0.3, -0.25) is 0 Å². The molecule has 1 aliphatic rings. The molecule has 2 rings (SSSR count). The highest BCUT2D eigenvalue weighted by atomic mass is 14.9. The Morgan fingerprint density at radius 1 is 1.46 bits per heavy atom. The van der Waals surface area contributed by atoms with Crippen LogP contribution in [0.5, 0.6) is 0 Å². The molecule has 1 aliphatic heterocycles. The molecule has 2 heterocycles. The predicted molar refractivity (Wildman–Crippen MR) is 50.1 cm³/mol. The summed E-state index contributed by atoms with van der Waals surface area (Å²) >= 11 is 0. The van der Waals surface area contributed by atoms with Gasteiger partial charge in [-0.25, -0.2) is 0 Å². The van der Waals surface area contributed by atoms with E-state index < -0.39 is 0 Å². The highest BCUT2D eigenvalue weighted by molar-refractivity contribution is 5.34. The lowest BCUT2D eigenvalue weighted by Gasteiger charge is -2.22. The first-order chi connectivity index (χ1) is 6.42. The Bertz CT molecular complexity index is 315. The maximum absolute atomic E-state index is 8.83. The number of nitrogens with zero attached hydrogens (tertiary/aromatic N) is 1. The Balaban J connectivity index is 2.19. The van der Waals surface area contributed by atoms with E-state index in [-0.39, 0.29) is 0 Å². The standard InChI is InChI=1S/C10H13N3/c11-7-10-8(4-6-13-10)9-3-1-2-5-12-9/h4,6,9,12-13H,1-3,5H2. The number of nitrogens with one attached hydrogen (secondary N) is 2. The molecule has 1 atom stereocenters. The van der Waals surface area contributed by atoms with Gasteiger partial charge in [0.05, 0.1) is 0 Å². The Hall–Kier alpha value is -1.27. The van der Waals surface area contributed by atoms with Crippen molar-refractivity contribution in [1.29, 1.82) is 5.26 Å². The van der Waals surface area contributed by atoms with Gasteiger partial charge >= 0.3 is 0 Å². The van der Waals surface area contributed by atoms with Gasteiger partial charge in [0.2, 0.25) is 0 Å². The highest BCUT2D eigenvalue weighted by Gasteiger charge is 2.17. The molecule has 1 aromatic heterocycles. The van der Waals surface area contributed by atoms with E-state index in [9.17, 15) is 0 Å². The molecule has 0 aliphatic carbocycles. The van der Waals surface area contributed by atoms with Crippen LogP contribution in [0.3, 0.4) is 0 Å². The lowest BCUT2D eigenvalue weighted by molar-refractivity contribution is 0.412. The first kappa shape index (κ1) is 8.33. The SMILES string of the molecule is N#Cc1[nH]ccc1C1CCCCN1. The molecule has 1 saturated heterocycles. The number of rotatable bonds is 1. The van der Waals surface area contributed by atoms with E-state index >= 15 is 0 Å². The van der Waals surface area contributed by atoms with Crippen LogP contribution in [-0.4, -0.2) is 11.5 Å². The molecule has 0 saturated carbocycles. The molecule has 1 aromatic rings. The summed E-state index contributed by atoms with van der Waals surface area (Å²) in [4.78, 5) is 2.95. The van der Waals surface area contributed by atoms with Gasteiger partial charge in [0.15, 0.2) is 0 Å². The van der Waals surface area contributed by atoms with E-state index in [1.54, 1.807) is 0 Å². The van der Waals surface area contributed by atoms with Crippen LogP contribution in [0.15, 0.2) is 12.3 Å². The third-order valence-electron chi connectivity index (χ3n) is 2.58. The molecular formula is C10H13N3. The van der Waals surface area contributed by atoms with Crippen molar-refractivity contribution >= 4 is 0 Å². The molecule has 3 heteroatoms. The van der Waals surface area contributed by atoms with E-state index in [4.69, 9.17) is 5.26 Å². The van der Waals surface area contributed by atoms with Crippen LogP contribution in [0.4, 0.5) is 0 Å². The summed E-state index contributed by atoms with van der Waals surface area (Å²) in [6, 6.07) is 4.56. The molecule has 2 N–H and O–H groups in total. The zero-order chi connectivity index (χ0) is 9.10. The minimum atomic E-state index is 0.384. The van der Waals surface area contributed by atoms with E-state index in [1.807, 2.05) is 12.3 Å². The normalized spacial score (nSPS) is 22.5. The molecule has 0 amide bonds. The van der Waals surface area contributed by atoms with Crippen molar-refractivity contribution in [2.75, 3.05) is 6.54 Å². The fraction of sp³-hybridized carbons (Fsp3) is 0.500. The van der Waals surface area contributed by atoms with Crippen molar-refractivity contribution < 1.29 is 0 Å². The molecule has 1 unspecified atom stereocenters. The second-order valence-corrected chi connectivity index (χ2v) is 3.42. The first-order valence-electron chi connectivity index (χ1n) is 4.72. The number of H-pyrrole nitrogens is 1. The Morgan fingerprint density at radius 2 is 2.38 bits per heavy atom. The van der Waals surface area contributed by atoms with Gasteiger partial charge in [0, 0.05) is 17.8 Å².